The molecule has 0 heterocycles. The van der Waals surface area contributed by atoms with Crippen LogP contribution >= 0.6 is 0 Å². The van der Waals surface area contributed by atoms with Gasteiger partial charge in [0.1, 0.15) is 5.75 Å². The van der Waals surface area contributed by atoms with Gasteiger partial charge in [-0.2, -0.15) is 0 Å². The predicted molar refractivity (Wildman–Crippen MR) is 73.8 cm³/mol. The largest absolute Gasteiger partial charge is 0.497 e. The van der Waals surface area contributed by atoms with Crippen LogP contribution in [0.1, 0.15) is 20.8 Å². The molecule has 4 nitrogen and oxygen atoms in total. The number of hydrogen-bond acceptors (Lipinski definition) is 3. The van der Waals surface area contributed by atoms with Crippen LogP contribution in [0.25, 0.3) is 0 Å². The Morgan fingerprint density at radius 1 is 1.39 bits per heavy atom. The minimum Gasteiger partial charge on any atom is -0.497 e. The first kappa shape index (κ1) is 14.5. The molecule has 1 aromatic carbocycles. The summed E-state index contributed by atoms with van der Waals surface area (Å²) in [6, 6.07) is 6.82. The van der Waals surface area contributed by atoms with Gasteiger partial charge in [-0.15, -0.1) is 0 Å². The molecular formula is C14H22N2O2. The zero-order chi connectivity index (χ0) is 13.9. The van der Waals surface area contributed by atoms with E-state index in [2.05, 4.69) is 0 Å². The van der Waals surface area contributed by atoms with Crippen molar-refractivity contribution in [2.45, 2.75) is 26.8 Å². The summed E-state index contributed by atoms with van der Waals surface area (Å²) in [5.74, 6) is 0.618. The number of methoxy groups -OCH3 is 1. The third-order valence-corrected chi connectivity index (χ3v) is 2.97. The molecule has 1 rings (SSSR count). The Bertz CT molecular complexity index is 424. The van der Waals surface area contributed by atoms with Crippen molar-refractivity contribution in [2.75, 3.05) is 19.1 Å². The number of ether oxygens (including phenoxy) is 1. The number of carbonyl (C=O) groups excluding carboxylic acids is 1. The maximum atomic E-state index is 12.2. The molecule has 0 radical (unpaired) electrons. The molecule has 0 bridgehead atoms. The molecule has 2 N–H and O–H groups in total. The fraction of sp³-hybridized carbons (Fsp3) is 0.500. The van der Waals surface area contributed by atoms with Crippen LogP contribution < -0.4 is 15.4 Å². The minimum atomic E-state index is -0.534. The van der Waals surface area contributed by atoms with E-state index < -0.39 is 6.04 Å². The van der Waals surface area contributed by atoms with Gasteiger partial charge in [0.2, 0.25) is 5.91 Å². The minimum absolute atomic E-state index is 0.101. The van der Waals surface area contributed by atoms with Gasteiger partial charge < -0.3 is 15.4 Å². The maximum Gasteiger partial charge on any atom is 0.244 e. The van der Waals surface area contributed by atoms with Gasteiger partial charge in [-0.3, -0.25) is 4.79 Å². The molecule has 100 valence electrons. The lowest BCUT2D eigenvalue weighted by molar-refractivity contribution is -0.121. The van der Waals surface area contributed by atoms with E-state index in [0.717, 1.165) is 11.4 Å². The van der Waals surface area contributed by atoms with Crippen LogP contribution in [0, 0.1) is 5.41 Å². The molecule has 0 aliphatic rings. The quantitative estimate of drug-likeness (QED) is 0.893. The SMILES string of the molecule is COc1cccc(N(C)C(=O)[C@@H](N)C(C)(C)C)c1. The number of anilines is 1. The fourth-order valence-corrected chi connectivity index (χ4v) is 1.53. The zero-order valence-electron chi connectivity index (χ0n) is 11.7. The topological polar surface area (TPSA) is 55.6 Å². The molecule has 1 amide bonds. The van der Waals surface area contributed by atoms with Gasteiger partial charge in [-0.25, -0.2) is 0 Å². The van der Waals surface area contributed by atoms with Gasteiger partial charge in [0.15, 0.2) is 0 Å². The smallest absolute Gasteiger partial charge is 0.244 e. The van der Waals surface area contributed by atoms with E-state index in [-0.39, 0.29) is 11.3 Å². The van der Waals surface area contributed by atoms with Crippen LogP contribution in [-0.2, 0) is 4.79 Å². The number of nitrogens with zero attached hydrogens (tertiary/aromatic N) is 1. The Morgan fingerprint density at radius 3 is 2.50 bits per heavy atom. The molecule has 1 atom stereocenters. The number of amides is 1. The molecule has 0 saturated heterocycles. The highest BCUT2D eigenvalue weighted by molar-refractivity contribution is 5.97. The third kappa shape index (κ3) is 3.23. The van der Waals surface area contributed by atoms with E-state index in [1.54, 1.807) is 19.1 Å². The number of benzene rings is 1. The summed E-state index contributed by atoms with van der Waals surface area (Å²) in [4.78, 5) is 13.8. The lowest BCUT2D eigenvalue weighted by Crippen LogP contribution is -2.49. The monoisotopic (exact) mass is 250 g/mol. The molecule has 0 spiro atoms. The Hall–Kier alpha value is -1.55. The highest BCUT2D eigenvalue weighted by atomic mass is 16.5. The number of hydrogen-bond donors (Lipinski definition) is 1. The van der Waals surface area contributed by atoms with Crippen LogP contribution in [0.15, 0.2) is 24.3 Å². The van der Waals surface area contributed by atoms with Crippen molar-refractivity contribution in [1.29, 1.82) is 0 Å². The summed E-state index contributed by atoms with van der Waals surface area (Å²) >= 11 is 0. The summed E-state index contributed by atoms with van der Waals surface area (Å²) in [6.07, 6.45) is 0. The first-order valence-corrected chi connectivity index (χ1v) is 5.94. The molecule has 0 unspecified atom stereocenters. The number of carbonyl (C=O) groups is 1. The normalized spacial score (nSPS) is 13.0. The Morgan fingerprint density at radius 2 is 2.00 bits per heavy atom. The van der Waals surface area contributed by atoms with E-state index in [1.807, 2.05) is 45.0 Å². The standard InChI is InChI=1S/C14H22N2O2/c1-14(2,3)12(15)13(17)16(4)10-7-6-8-11(9-10)18-5/h6-9,12H,15H2,1-5H3/t12-/m1/s1. The molecule has 0 fully saturated rings. The van der Waals surface area contributed by atoms with E-state index >= 15 is 0 Å². The van der Waals surface area contributed by atoms with Crippen molar-refractivity contribution < 1.29 is 9.53 Å². The Labute approximate surface area is 109 Å². The molecule has 1 aromatic rings. The zero-order valence-corrected chi connectivity index (χ0v) is 11.7. The summed E-state index contributed by atoms with van der Waals surface area (Å²) in [6.45, 7) is 5.86. The van der Waals surface area contributed by atoms with E-state index in [4.69, 9.17) is 10.5 Å². The van der Waals surface area contributed by atoms with Crippen molar-refractivity contribution in [2.24, 2.45) is 11.1 Å². The molecule has 18 heavy (non-hydrogen) atoms. The van der Waals surface area contributed by atoms with Gasteiger partial charge in [0.05, 0.1) is 13.2 Å². The summed E-state index contributed by atoms with van der Waals surface area (Å²) in [5.41, 5.74) is 6.50. The molecular weight excluding hydrogens is 228 g/mol. The second-order valence-electron chi connectivity index (χ2n) is 5.44. The van der Waals surface area contributed by atoms with Crippen molar-refractivity contribution in [3.8, 4) is 5.75 Å². The highest BCUT2D eigenvalue weighted by Gasteiger charge is 2.30. The average Bonchev–Trinajstić information content (AvgIpc) is 2.35. The molecule has 0 aliphatic carbocycles. The van der Waals surface area contributed by atoms with Crippen LogP contribution in [0.2, 0.25) is 0 Å². The van der Waals surface area contributed by atoms with Crippen molar-refractivity contribution >= 4 is 11.6 Å². The second-order valence-corrected chi connectivity index (χ2v) is 5.44. The van der Waals surface area contributed by atoms with Crippen LogP contribution in [-0.4, -0.2) is 26.1 Å². The van der Waals surface area contributed by atoms with Gasteiger partial charge in [-0.05, 0) is 17.5 Å². The third-order valence-electron chi connectivity index (χ3n) is 2.97. The van der Waals surface area contributed by atoms with Gasteiger partial charge in [0.25, 0.3) is 0 Å². The van der Waals surface area contributed by atoms with Crippen LogP contribution in [0.5, 0.6) is 5.75 Å². The number of rotatable bonds is 3. The predicted octanol–water partition coefficient (Wildman–Crippen LogP) is 2.03. The maximum absolute atomic E-state index is 12.2. The number of nitrogens with two attached hydrogens (primary N) is 1. The molecule has 0 saturated carbocycles. The van der Waals surface area contributed by atoms with E-state index in [0.29, 0.717) is 0 Å². The van der Waals surface area contributed by atoms with Gasteiger partial charge in [-0.1, -0.05) is 26.8 Å². The second kappa shape index (κ2) is 5.40. The lowest BCUT2D eigenvalue weighted by Gasteiger charge is -2.30. The van der Waals surface area contributed by atoms with E-state index in [9.17, 15) is 4.79 Å². The van der Waals surface area contributed by atoms with Gasteiger partial charge >= 0.3 is 0 Å². The van der Waals surface area contributed by atoms with E-state index in [1.165, 1.54) is 0 Å². The lowest BCUT2D eigenvalue weighted by atomic mass is 9.86. The number of likely N-dealkylation sites (N-methyl/N-ethyl adjacent to an activating group) is 1. The van der Waals surface area contributed by atoms with Crippen LogP contribution in [0.3, 0.4) is 0 Å². The van der Waals surface area contributed by atoms with Crippen molar-refractivity contribution in [1.82, 2.24) is 0 Å². The molecule has 4 heteroatoms. The van der Waals surface area contributed by atoms with Gasteiger partial charge in [0, 0.05) is 18.8 Å². The highest BCUT2D eigenvalue weighted by Crippen LogP contribution is 2.24. The fourth-order valence-electron chi connectivity index (χ4n) is 1.53. The molecule has 0 aromatic heterocycles. The van der Waals surface area contributed by atoms with Crippen LogP contribution in [0.4, 0.5) is 5.69 Å². The first-order valence-electron chi connectivity index (χ1n) is 5.94. The first-order chi connectivity index (χ1) is 8.27. The molecule has 0 aliphatic heterocycles. The Kier molecular flexibility index (Phi) is 4.35. The van der Waals surface area contributed by atoms with Crippen molar-refractivity contribution in [3.63, 3.8) is 0 Å². The summed E-state index contributed by atoms with van der Waals surface area (Å²) in [5, 5.41) is 0. The average molecular weight is 250 g/mol. The Balaban J connectivity index is 2.93. The summed E-state index contributed by atoms with van der Waals surface area (Å²) < 4.78 is 5.14. The van der Waals surface area contributed by atoms with Crippen molar-refractivity contribution in [3.05, 3.63) is 24.3 Å². The summed E-state index contributed by atoms with van der Waals surface area (Å²) in [7, 11) is 3.32.